The van der Waals surface area contributed by atoms with Gasteiger partial charge in [-0.05, 0) is 48.6 Å². The lowest BCUT2D eigenvalue weighted by Crippen LogP contribution is -2.40. The summed E-state index contributed by atoms with van der Waals surface area (Å²) in [4.78, 5) is 26.4. The quantitative estimate of drug-likeness (QED) is 0.622. The number of carbonyl (C=O) groups is 2. The van der Waals surface area contributed by atoms with E-state index in [0.717, 1.165) is 22.4 Å². The van der Waals surface area contributed by atoms with E-state index in [1.54, 1.807) is 0 Å². The van der Waals surface area contributed by atoms with Crippen LogP contribution < -0.4 is 10.6 Å². The lowest BCUT2D eigenvalue weighted by molar-refractivity contribution is -0.136. The molecule has 0 aliphatic heterocycles. The number of amides is 2. The third kappa shape index (κ3) is 4.91. The molecule has 29 heavy (non-hydrogen) atoms. The minimum atomic E-state index is -0.844. The van der Waals surface area contributed by atoms with Crippen LogP contribution in [0.2, 0.25) is 5.02 Å². The highest BCUT2D eigenvalue weighted by Crippen LogP contribution is 2.26. The molecule has 0 fully saturated rings. The Morgan fingerprint density at radius 3 is 2.48 bits per heavy atom. The molecule has 2 N–H and O–H groups in total. The molecular weight excluding hydrogens is 393 g/mol. The number of halogens is 2. The van der Waals surface area contributed by atoms with Crippen molar-refractivity contribution in [3.8, 4) is 0 Å². The fraction of sp³-hybridized carbons (Fsp3) is 0.182. The number of benzene rings is 3. The van der Waals surface area contributed by atoms with Crippen LogP contribution in [0.15, 0.2) is 60.7 Å². The van der Waals surface area contributed by atoms with Crippen LogP contribution in [0.1, 0.15) is 11.6 Å². The van der Waals surface area contributed by atoms with E-state index in [4.69, 9.17) is 11.6 Å². The number of nitrogens with zero attached hydrogens (tertiary/aromatic N) is 1. The van der Waals surface area contributed by atoms with Gasteiger partial charge in [0.05, 0.1) is 11.1 Å². The molecule has 3 aromatic rings. The predicted molar refractivity (Wildman–Crippen MR) is 113 cm³/mol. The molecule has 0 bridgehead atoms. The van der Waals surface area contributed by atoms with Crippen molar-refractivity contribution >= 4 is 39.9 Å². The lowest BCUT2D eigenvalue weighted by Gasteiger charge is -2.26. The Morgan fingerprint density at radius 1 is 1.03 bits per heavy atom. The van der Waals surface area contributed by atoms with Crippen molar-refractivity contribution in [3.05, 3.63) is 77.1 Å². The first-order valence-electron chi connectivity index (χ1n) is 9.05. The molecule has 3 aromatic carbocycles. The Labute approximate surface area is 173 Å². The minimum Gasteiger partial charge on any atom is -0.346 e. The maximum Gasteiger partial charge on any atom is 0.313 e. The van der Waals surface area contributed by atoms with Crippen LogP contribution in [0.25, 0.3) is 10.8 Å². The van der Waals surface area contributed by atoms with Crippen LogP contribution in [0, 0.1) is 5.82 Å². The van der Waals surface area contributed by atoms with Crippen molar-refractivity contribution in [2.24, 2.45) is 0 Å². The van der Waals surface area contributed by atoms with Gasteiger partial charge in [-0.2, -0.15) is 0 Å². The number of rotatable bonds is 5. The molecule has 5 nitrogen and oxygen atoms in total. The van der Waals surface area contributed by atoms with Crippen LogP contribution in [0.5, 0.6) is 0 Å². The van der Waals surface area contributed by atoms with Gasteiger partial charge < -0.3 is 15.5 Å². The van der Waals surface area contributed by atoms with Gasteiger partial charge in [0.2, 0.25) is 0 Å². The molecule has 1 unspecified atom stereocenters. The van der Waals surface area contributed by atoms with Crippen molar-refractivity contribution in [1.82, 2.24) is 10.2 Å². The van der Waals surface area contributed by atoms with Gasteiger partial charge >= 0.3 is 11.8 Å². The molecule has 0 aromatic heterocycles. The van der Waals surface area contributed by atoms with Gasteiger partial charge in [-0.15, -0.1) is 0 Å². The maximum absolute atomic E-state index is 13.2. The number of anilines is 1. The van der Waals surface area contributed by atoms with Crippen LogP contribution >= 0.6 is 11.6 Å². The van der Waals surface area contributed by atoms with Gasteiger partial charge in [-0.25, -0.2) is 4.39 Å². The van der Waals surface area contributed by atoms with Crippen molar-refractivity contribution in [2.45, 2.75) is 6.04 Å². The first kappa shape index (κ1) is 20.8. The van der Waals surface area contributed by atoms with E-state index in [9.17, 15) is 14.0 Å². The highest BCUT2D eigenvalue weighted by atomic mass is 35.5. The average molecular weight is 414 g/mol. The first-order chi connectivity index (χ1) is 13.9. The summed E-state index contributed by atoms with van der Waals surface area (Å²) in [6, 6.07) is 17.6. The summed E-state index contributed by atoms with van der Waals surface area (Å²) in [5, 5.41) is 7.15. The Kier molecular flexibility index (Phi) is 6.46. The zero-order valence-electron chi connectivity index (χ0n) is 16.1. The zero-order chi connectivity index (χ0) is 21.0. The van der Waals surface area contributed by atoms with Crippen molar-refractivity contribution in [1.29, 1.82) is 0 Å². The molecule has 0 saturated carbocycles. The highest BCUT2D eigenvalue weighted by Gasteiger charge is 2.20. The van der Waals surface area contributed by atoms with E-state index in [-0.39, 0.29) is 23.3 Å². The van der Waals surface area contributed by atoms with Crippen molar-refractivity contribution in [2.75, 3.05) is 26.0 Å². The molecule has 0 heterocycles. The maximum atomic E-state index is 13.2. The van der Waals surface area contributed by atoms with Crippen LogP contribution in [0.4, 0.5) is 10.1 Å². The molecule has 0 saturated heterocycles. The number of fused-ring (bicyclic) bond motifs is 1. The molecule has 1 atom stereocenters. The second-order valence-electron chi connectivity index (χ2n) is 6.84. The molecule has 0 aliphatic carbocycles. The fourth-order valence-corrected chi connectivity index (χ4v) is 3.32. The summed E-state index contributed by atoms with van der Waals surface area (Å²) in [7, 11) is 3.83. The molecule has 0 aliphatic rings. The summed E-state index contributed by atoms with van der Waals surface area (Å²) in [6.07, 6.45) is 0. The van der Waals surface area contributed by atoms with E-state index < -0.39 is 17.6 Å². The first-order valence-corrected chi connectivity index (χ1v) is 9.43. The molecule has 150 valence electrons. The van der Waals surface area contributed by atoms with Gasteiger partial charge in [0.25, 0.3) is 0 Å². The van der Waals surface area contributed by atoms with Crippen LogP contribution in [-0.2, 0) is 9.59 Å². The minimum absolute atomic E-state index is 0.127. The Balaban J connectivity index is 1.70. The smallest absolute Gasteiger partial charge is 0.313 e. The highest BCUT2D eigenvalue weighted by molar-refractivity contribution is 6.39. The Bertz CT molecular complexity index is 1050. The average Bonchev–Trinajstić information content (AvgIpc) is 2.70. The van der Waals surface area contributed by atoms with Gasteiger partial charge in [-0.3, -0.25) is 9.59 Å². The third-order valence-corrected chi connectivity index (χ3v) is 4.94. The molecule has 3 rings (SSSR count). The van der Waals surface area contributed by atoms with E-state index >= 15 is 0 Å². The Hall–Kier alpha value is -2.96. The number of nitrogens with one attached hydrogen (secondary N) is 2. The van der Waals surface area contributed by atoms with Crippen molar-refractivity contribution < 1.29 is 14.0 Å². The van der Waals surface area contributed by atoms with Crippen molar-refractivity contribution in [3.63, 3.8) is 0 Å². The summed E-state index contributed by atoms with van der Waals surface area (Å²) < 4.78 is 13.2. The summed E-state index contributed by atoms with van der Waals surface area (Å²) >= 11 is 5.70. The van der Waals surface area contributed by atoms with Gasteiger partial charge in [0.15, 0.2) is 0 Å². The second-order valence-corrected chi connectivity index (χ2v) is 7.25. The van der Waals surface area contributed by atoms with Gasteiger partial charge in [0, 0.05) is 12.2 Å². The normalized spacial score (nSPS) is 12.0. The van der Waals surface area contributed by atoms with Crippen LogP contribution in [0.3, 0.4) is 0 Å². The molecular formula is C22H21ClFN3O2. The topological polar surface area (TPSA) is 61.4 Å². The second kappa shape index (κ2) is 9.03. The summed E-state index contributed by atoms with van der Waals surface area (Å²) in [5.41, 5.74) is 1.30. The monoisotopic (exact) mass is 413 g/mol. The van der Waals surface area contributed by atoms with Gasteiger partial charge in [0.1, 0.15) is 5.82 Å². The summed E-state index contributed by atoms with van der Waals surface area (Å²) in [6.45, 7) is 0.247. The molecule has 0 spiro atoms. The number of likely N-dealkylation sites (N-methyl/N-ethyl adjacent to an activating group) is 1. The standard InChI is InChI=1S/C22H21ClFN3O2/c1-27(2)20(17-9-5-7-14-6-3-4-8-16(14)17)13-25-21(28)22(29)26-15-10-11-19(24)18(23)12-15/h3-12,20H,13H2,1-2H3,(H,25,28)(H,26,29). The zero-order valence-corrected chi connectivity index (χ0v) is 16.8. The van der Waals surface area contributed by atoms with Crippen LogP contribution in [-0.4, -0.2) is 37.4 Å². The van der Waals surface area contributed by atoms with Gasteiger partial charge in [-0.1, -0.05) is 54.1 Å². The SMILES string of the molecule is CN(C)C(CNC(=O)C(=O)Nc1ccc(F)c(Cl)c1)c1cccc2ccccc12. The molecule has 2 amide bonds. The Morgan fingerprint density at radius 2 is 1.76 bits per heavy atom. The fourth-order valence-electron chi connectivity index (χ4n) is 3.14. The van der Waals surface area contributed by atoms with E-state index in [1.165, 1.54) is 12.1 Å². The lowest BCUT2D eigenvalue weighted by atomic mass is 9.98. The molecule has 0 radical (unpaired) electrons. The van der Waals surface area contributed by atoms with E-state index in [1.807, 2.05) is 61.5 Å². The largest absolute Gasteiger partial charge is 0.346 e. The predicted octanol–water partition coefficient (Wildman–Crippen LogP) is 3.99. The van der Waals surface area contributed by atoms with E-state index in [2.05, 4.69) is 10.6 Å². The molecule has 7 heteroatoms. The third-order valence-electron chi connectivity index (χ3n) is 4.65. The number of hydrogen-bond donors (Lipinski definition) is 2. The number of hydrogen-bond acceptors (Lipinski definition) is 3. The number of carbonyl (C=O) groups excluding carboxylic acids is 2. The summed E-state index contributed by atoms with van der Waals surface area (Å²) in [5.74, 6) is -2.22. The van der Waals surface area contributed by atoms with E-state index in [0.29, 0.717) is 0 Å².